The van der Waals surface area contributed by atoms with E-state index >= 15 is 0 Å². The standard InChI is InChI=1S/C21H17ClN2O4/c22-13-9-7-12(8-10-13)17-18(24(27)28)16-6-3-11-23(16)21(17)19(25)14-4-1-2-5-15(14)20(21)26/h1-2,4-5,7-10,16-18H,3,6,11H2/t16-,17-,18+/m1/s1. The number of hydrogen-bond donors (Lipinski definition) is 0. The van der Waals surface area contributed by atoms with Crippen LogP contribution in [-0.4, -0.2) is 45.6 Å². The number of hydrogen-bond acceptors (Lipinski definition) is 5. The molecule has 28 heavy (non-hydrogen) atoms. The van der Waals surface area contributed by atoms with Gasteiger partial charge >= 0.3 is 0 Å². The summed E-state index contributed by atoms with van der Waals surface area (Å²) in [6.45, 7) is 0.505. The third-order valence-electron chi connectivity index (χ3n) is 6.52. The minimum atomic E-state index is -1.55. The summed E-state index contributed by atoms with van der Waals surface area (Å²) in [6, 6.07) is 12.0. The van der Waals surface area contributed by atoms with Crippen LogP contribution in [0.2, 0.25) is 5.02 Å². The molecule has 0 unspecified atom stereocenters. The first-order chi connectivity index (χ1) is 13.5. The quantitative estimate of drug-likeness (QED) is 0.441. The van der Waals surface area contributed by atoms with Gasteiger partial charge in [-0.3, -0.25) is 24.6 Å². The second kappa shape index (κ2) is 5.96. The van der Waals surface area contributed by atoms with E-state index in [2.05, 4.69) is 0 Å². The number of nitro groups is 1. The van der Waals surface area contributed by atoms with Crippen molar-refractivity contribution in [1.82, 2.24) is 4.90 Å². The zero-order valence-electron chi connectivity index (χ0n) is 14.9. The summed E-state index contributed by atoms with van der Waals surface area (Å²) in [7, 11) is 0. The summed E-state index contributed by atoms with van der Waals surface area (Å²) in [5.41, 5.74) is -0.214. The van der Waals surface area contributed by atoms with Crippen molar-refractivity contribution < 1.29 is 14.5 Å². The van der Waals surface area contributed by atoms with Crippen LogP contribution in [0.1, 0.15) is 45.0 Å². The van der Waals surface area contributed by atoms with Gasteiger partial charge < -0.3 is 0 Å². The number of rotatable bonds is 2. The topological polar surface area (TPSA) is 80.5 Å². The fourth-order valence-corrected chi connectivity index (χ4v) is 5.67. The van der Waals surface area contributed by atoms with Gasteiger partial charge in [0.25, 0.3) is 0 Å². The van der Waals surface area contributed by atoms with Gasteiger partial charge in [-0.25, -0.2) is 0 Å². The van der Waals surface area contributed by atoms with Gasteiger partial charge in [-0.15, -0.1) is 0 Å². The normalized spacial score (nSPS) is 28.0. The SMILES string of the molecule is O=C1c2ccccc2C(=O)C12[C@H](c1ccc(Cl)cc1)[C@@H]([N+](=O)[O-])[C@H]1CCCN12. The zero-order valence-corrected chi connectivity index (χ0v) is 15.6. The Morgan fingerprint density at radius 3 is 2.21 bits per heavy atom. The lowest BCUT2D eigenvalue weighted by Crippen LogP contribution is -2.56. The predicted molar refractivity (Wildman–Crippen MR) is 103 cm³/mol. The zero-order chi connectivity index (χ0) is 19.6. The highest BCUT2D eigenvalue weighted by atomic mass is 35.5. The van der Waals surface area contributed by atoms with E-state index in [1.807, 2.05) is 4.90 Å². The number of ketones is 2. The molecule has 2 aliphatic heterocycles. The number of halogens is 1. The molecule has 0 radical (unpaired) electrons. The van der Waals surface area contributed by atoms with Crippen LogP contribution in [0, 0.1) is 10.1 Å². The van der Waals surface area contributed by atoms with Crippen LogP contribution in [0.3, 0.4) is 0 Å². The molecular formula is C21H17ClN2O4. The van der Waals surface area contributed by atoms with E-state index < -0.39 is 23.5 Å². The molecular weight excluding hydrogens is 380 g/mol. The van der Waals surface area contributed by atoms with Crippen LogP contribution in [0.4, 0.5) is 0 Å². The van der Waals surface area contributed by atoms with Crippen molar-refractivity contribution in [2.24, 2.45) is 0 Å². The van der Waals surface area contributed by atoms with Crippen molar-refractivity contribution in [3.63, 3.8) is 0 Å². The number of benzene rings is 2. The van der Waals surface area contributed by atoms with E-state index in [4.69, 9.17) is 11.6 Å². The van der Waals surface area contributed by atoms with Crippen LogP contribution < -0.4 is 0 Å². The van der Waals surface area contributed by atoms with Crippen LogP contribution in [0.15, 0.2) is 48.5 Å². The third kappa shape index (κ3) is 2.02. The monoisotopic (exact) mass is 396 g/mol. The molecule has 2 fully saturated rings. The lowest BCUT2D eigenvalue weighted by Gasteiger charge is -2.34. The first-order valence-corrected chi connectivity index (χ1v) is 9.70. The average molecular weight is 397 g/mol. The number of nitrogens with zero attached hydrogens (tertiary/aromatic N) is 2. The molecule has 142 valence electrons. The van der Waals surface area contributed by atoms with Crippen LogP contribution in [0.25, 0.3) is 0 Å². The maximum atomic E-state index is 13.7. The van der Waals surface area contributed by atoms with Crippen molar-refractivity contribution in [2.75, 3.05) is 6.54 Å². The summed E-state index contributed by atoms with van der Waals surface area (Å²) in [5.74, 6) is -1.48. The summed E-state index contributed by atoms with van der Waals surface area (Å²) in [4.78, 5) is 41.0. The Kier molecular flexibility index (Phi) is 3.73. The van der Waals surface area contributed by atoms with Gasteiger partial charge in [0.1, 0.15) is 0 Å². The van der Waals surface area contributed by atoms with Gasteiger partial charge in [-0.1, -0.05) is 48.0 Å². The predicted octanol–water partition coefficient (Wildman–Crippen LogP) is 3.36. The summed E-state index contributed by atoms with van der Waals surface area (Å²) < 4.78 is 0. The Morgan fingerprint density at radius 2 is 1.64 bits per heavy atom. The van der Waals surface area contributed by atoms with Gasteiger partial charge in [-0.05, 0) is 30.5 Å². The molecule has 3 atom stereocenters. The van der Waals surface area contributed by atoms with Crippen molar-refractivity contribution in [1.29, 1.82) is 0 Å². The molecule has 2 aromatic carbocycles. The highest BCUT2D eigenvalue weighted by Crippen LogP contribution is 2.55. The minimum absolute atomic E-state index is 0.305. The molecule has 1 spiro atoms. The molecule has 7 heteroatoms. The Labute approximate surface area is 166 Å². The number of Topliss-reactive ketones (excluding diaryl/α,β-unsaturated/α-hetero) is 2. The van der Waals surface area contributed by atoms with E-state index in [0.717, 1.165) is 6.42 Å². The van der Waals surface area contributed by atoms with Crippen molar-refractivity contribution >= 4 is 23.2 Å². The largest absolute Gasteiger partial charge is 0.291 e. The van der Waals surface area contributed by atoms with Crippen LogP contribution in [0.5, 0.6) is 0 Å². The summed E-state index contributed by atoms with van der Waals surface area (Å²) >= 11 is 6.02. The van der Waals surface area contributed by atoms with E-state index in [1.165, 1.54) is 0 Å². The second-order valence-corrected chi connectivity index (χ2v) is 8.11. The summed E-state index contributed by atoms with van der Waals surface area (Å²) in [6.07, 6.45) is 1.34. The maximum Gasteiger partial charge on any atom is 0.237 e. The van der Waals surface area contributed by atoms with Gasteiger partial charge in [-0.2, -0.15) is 0 Å². The van der Waals surface area contributed by atoms with E-state index in [-0.39, 0.29) is 16.5 Å². The molecule has 6 nitrogen and oxygen atoms in total. The van der Waals surface area contributed by atoms with E-state index in [1.54, 1.807) is 48.5 Å². The highest BCUT2D eigenvalue weighted by Gasteiger charge is 2.74. The fraction of sp³-hybridized carbons (Fsp3) is 0.333. The molecule has 2 aromatic rings. The number of carbonyl (C=O) groups is 2. The van der Waals surface area contributed by atoms with Crippen molar-refractivity contribution in [3.05, 3.63) is 80.4 Å². The molecule has 0 N–H and O–H groups in total. The Balaban J connectivity index is 1.79. The molecule has 0 aromatic heterocycles. The highest BCUT2D eigenvalue weighted by molar-refractivity contribution is 6.34. The first kappa shape index (κ1) is 17.5. The Bertz CT molecular complexity index is 984. The third-order valence-corrected chi connectivity index (χ3v) is 6.77. The first-order valence-electron chi connectivity index (χ1n) is 9.32. The average Bonchev–Trinajstić information content (AvgIpc) is 3.32. The lowest BCUT2D eigenvalue weighted by molar-refractivity contribution is -0.527. The smallest absolute Gasteiger partial charge is 0.237 e. The molecule has 0 bridgehead atoms. The molecule has 0 amide bonds. The van der Waals surface area contributed by atoms with Gasteiger partial charge in [0.05, 0.1) is 12.0 Å². The van der Waals surface area contributed by atoms with E-state index in [0.29, 0.717) is 34.7 Å². The van der Waals surface area contributed by atoms with Crippen molar-refractivity contribution in [3.8, 4) is 0 Å². The number of carbonyl (C=O) groups excluding carboxylic acids is 2. The molecule has 3 aliphatic rings. The lowest BCUT2D eigenvalue weighted by atomic mass is 9.73. The molecule has 2 heterocycles. The maximum absolute atomic E-state index is 13.7. The molecule has 2 saturated heterocycles. The van der Waals surface area contributed by atoms with Gasteiger partial charge in [0.2, 0.25) is 6.04 Å². The molecule has 5 rings (SSSR count). The van der Waals surface area contributed by atoms with Crippen LogP contribution in [-0.2, 0) is 0 Å². The van der Waals surface area contributed by atoms with Crippen molar-refractivity contribution in [2.45, 2.75) is 36.4 Å². The summed E-state index contributed by atoms with van der Waals surface area (Å²) in [5, 5.41) is 12.7. The van der Waals surface area contributed by atoms with Crippen LogP contribution >= 0.6 is 11.6 Å². The molecule has 0 saturated carbocycles. The molecule has 1 aliphatic carbocycles. The van der Waals surface area contributed by atoms with Gasteiger partial charge in [0, 0.05) is 27.6 Å². The number of fused-ring (bicyclic) bond motifs is 3. The Hall–Kier alpha value is -2.57. The second-order valence-electron chi connectivity index (χ2n) is 7.68. The Morgan fingerprint density at radius 1 is 1.04 bits per heavy atom. The van der Waals surface area contributed by atoms with E-state index in [9.17, 15) is 19.7 Å². The minimum Gasteiger partial charge on any atom is -0.291 e. The van der Waals surface area contributed by atoms with Gasteiger partial charge in [0.15, 0.2) is 17.1 Å². The fourth-order valence-electron chi connectivity index (χ4n) is 5.54.